The van der Waals surface area contributed by atoms with Crippen molar-refractivity contribution in [1.82, 2.24) is 15.3 Å². The van der Waals surface area contributed by atoms with Crippen LogP contribution in [0.25, 0.3) is 0 Å². The third-order valence-electron chi connectivity index (χ3n) is 2.53. The Morgan fingerprint density at radius 3 is 2.79 bits per heavy atom. The van der Waals surface area contributed by atoms with Crippen LogP contribution in [-0.2, 0) is 0 Å². The Morgan fingerprint density at radius 1 is 1.37 bits per heavy atom. The van der Waals surface area contributed by atoms with Crippen molar-refractivity contribution in [3.05, 3.63) is 22.1 Å². The molecule has 19 heavy (non-hydrogen) atoms. The molecular formula is C12H21N5O2. The largest absolute Gasteiger partial charge is 0.338 e. The van der Waals surface area contributed by atoms with E-state index in [9.17, 15) is 9.59 Å². The summed E-state index contributed by atoms with van der Waals surface area (Å²) < 4.78 is 0. The second-order valence-electron chi connectivity index (χ2n) is 4.33. The number of aromatic amines is 1. The van der Waals surface area contributed by atoms with Gasteiger partial charge in [0.2, 0.25) is 5.95 Å². The van der Waals surface area contributed by atoms with Gasteiger partial charge in [-0.05, 0) is 26.3 Å². The van der Waals surface area contributed by atoms with Crippen molar-refractivity contribution in [1.29, 1.82) is 0 Å². The number of nitrogens with two attached hydrogens (primary N) is 1. The van der Waals surface area contributed by atoms with Gasteiger partial charge in [0, 0.05) is 18.3 Å². The minimum Gasteiger partial charge on any atom is -0.338 e. The van der Waals surface area contributed by atoms with Crippen LogP contribution >= 0.6 is 0 Å². The van der Waals surface area contributed by atoms with Gasteiger partial charge in [0.25, 0.3) is 5.56 Å². The lowest BCUT2D eigenvalue weighted by molar-refractivity contribution is 0.251. The van der Waals surface area contributed by atoms with E-state index in [4.69, 9.17) is 5.73 Å². The number of carbonyl (C=O) groups excluding carboxylic acids is 1. The second-order valence-corrected chi connectivity index (χ2v) is 4.33. The molecular weight excluding hydrogens is 246 g/mol. The van der Waals surface area contributed by atoms with Gasteiger partial charge in [-0.1, -0.05) is 12.8 Å². The smallest absolute Gasteiger partial charge is 0.321 e. The summed E-state index contributed by atoms with van der Waals surface area (Å²) in [7, 11) is 0. The van der Waals surface area contributed by atoms with Gasteiger partial charge in [-0.25, -0.2) is 4.79 Å². The molecule has 1 rings (SSSR count). The highest BCUT2D eigenvalue weighted by atomic mass is 16.2. The number of nitrogens with zero attached hydrogens (tertiary/aromatic N) is 1. The van der Waals surface area contributed by atoms with Gasteiger partial charge in [0.05, 0.1) is 0 Å². The molecule has 0 aliphatic rings. The molecule has 0 aliphatic carbocycles. The first-order chi connectivity index (χ1) is 9.11. The first kappa shape index (κ1) is 15.2. The summed E-state index contributed by atoms with van der Waals surface area (Å²) in [5, 5.41) is 5.19. The minimum atomic E-state index is -0.381. The van der Waals surface area contributed by atoms with Crippen LogP contribution in [0, 0.1) is 6.92 Å². The second kappa shape index (κ2) is 8.25. The Morgan fingerprint density at radius 2 is 2.11 bits per heavy atom. The number of nitrogens with one attached hydrogen (secondary N) is 3. The number of hydrogen-bond acceptors (Lipinski definition) is 4. The molecule has 5 N–H and O–H groups in total. The van der Waals surface area contributed by atoms with Crippen molar-refractivity contribution >= 4 is 12.0 Å². The molecule has 0 spiro atoms. The molecule has 0 bridgehead atoms. The molecule has 0 unspecified atom stereocenters. The predicted octanol–water partition coefficient (Wildman–Crippen LogP) is 0.719. The van der Waals surface area contributed by atoms with E-state index in [1.165, 1.54) is 6.07 Å². The number of hydrogen-bond donors (Lipinski definition) is 4. The summed E-state index contributed by atoms with van der Waals surface area (Å²) >= 11 is 0. The maximum atomic E-state index is 11.5. The van der Waals surface area contributed by atoms with Gasteiger partial charge in [0.15, 0.2) is 0 Å². The van der Waals surface area contributed by atoms with Crippen molar-refractivity contribution in [2.45, 2.75) is 32.6 Å². The van der Waals surface area contributed by atoms with E-state index < -0.39 is 0 Å². The topological polar surface area (TPSA) is 113 Å². The molecule has 2 amide bonds. The van der Waals surface area contributed by atoms with Crippen LogP contribution < -0.4 is 21.9 Å². The van der Waals surface area contributed by atoms with Crippen LogP contribution in [0.4, 0.5) is 10.7 Å². The van der Waals surface area contributed by atoms with Crippen molar-refractivity contribution in [2.75, 3.05) is 18.4 Å². The zero-order chi connectivity index (χ0) is 14.1. The van der Waals surface area contributed by atoms with Crippen LogP contribution in [0.5, 0.6) is 0 Å². The fourth-order valence-electron chi connectivity index (χ4n) is 1.61. The number of unbranched alkanes of at least 4 members (excludes halogenated alkanes) is 3. The number of aryl methyl sites for hydroxylation is 1. The number of amides is 2. The molecule has 0 saturated heterocycles. The molecule has 1 heterocycles. The fraction of sp³-hybridized carbons (Fsp3) is 0.583. The summed E-state index contributed by atoms with van der Waals surface area (Å²) in [6.07, 6.45) is 4.04. The van der Waals surface area contributed by atoms with E-state index in [2.05, 4.69) is 20.6 Å². The average molecular weight is 267 g/mol. The summed E-state index contributed by atoms with van der Waals surface area (Å²) in [4.78, 5) is 29.1. The first-order valence-electron chi connectivity index (χ1n) is 6.44. The fourth-order valence-corrected chi connectivity index (χ4v) is 1.61. The predicted molar refractivity (Wildman–Crippen MR) is 74.1 cm³/mol. The number of rotatable bonds is 7. The normalized spacial score (nSPS) is 10.2. The molecule has 0 saturated carbocycles. The van der Waals surface area contributed by atoms with E-state index in [-0.39, 0.29) is 17.5 Å². The first-order valence-corrected chi connectivity index (χ1v) is 6.44. The lowest BCUT2D eigenvalue weighted by atomic mass is 10.2. The van der Waals surface area contributed by atoms with E-state index in [1.807, 2.05) is 0 Å². The highest BCUT2D eigenvalue weighted by Crippen LogP contribution is 1.98. The Balaban J connectivity index is 2.25. The molecule has 1 aromatic heterocycles. The molecule has 0 radical (unpaired) electrons. The zero-order valence-corrected chi connectivity index (χ0v) is 11.2. The highest BCUT2D eigenvalue weighted by molar-refractivity contribution is 5.87. The molecule has 0 aromatic carbocycles. The summed E-state index contributed by atoms with van der Waals surface area (Å²) in [6, 6.07) is 0.994. The lowest BCUT2D eigenvalue weighted by Crippen LogP contribution is -2.31. The van der Waals surface area contributed by atoms with Gasteiger partial charge in [-0.3, -0.25) is 10.1 Å². The Hall–Kier alpha value is -1.89. The lowest BCUT2D eigenvalue weighted by Gasteiger charge is -2.07. The van der Waals surface area contributed by atoms with E-state index >= 15 is 0 Å². The van der Waals surface area contributed by atoms with Crippen LogP contribution in [0.15, 0.2) is 10.9 Å². The highest BCUT2D eigenvalue weighted by Gasteiger charge is 2.03. The number of urea groups is 1. The Labute approximate surface area is 112 Å². The minimum absolute atomic E-state index is 0.158. The van der Waals surface area contributed by atoms with Gasteiger partial charge in [-0.15, -0.1) is 0 Å². The number of aromatic nitrogens is 2. The van der Waals surface area contributed by atoms with E-state index in [1.54, 1.807) is 6.92 Å². The number of H-pyrrole nitrogens is 1. The maximum absolute atomic E-state index is 11.5. The van der Waals surface area contributed by atoms with E-state index in [0.29, 0.717) is 18.8 Å². The SMILES string of the molecule is Cc1cc(=O)nc(NC(=O)NCCCCCCN)[nH]1. The molecule has 0 aliphatic heterocycles. The van der Waals surface area contributed by atoms with Crippen LogP contribution in [0.1, 0.15) is 31.4 Å². The summed E-state index contributed by atoms with van der Waals surface area (Å²) in [5.74, 6) is 0.158. The van der Waals surface area contributed by atoms with Gasteiger partial charge >= 0.3 is 6.03 Å². The zero-order valence-electron chi connectivity index (χ0n) is 11.2. The summed E-state index contributed by atoms with van der Waals surface area (Å²) in [6.45, 7) is 3.02. The molecule has 1 aromatic rings. The van der Waals surface area contributed by atoms with Crippen molar-refractivity contribution < 1.29 is 4.79 Å². The number of carbonyl (C=O) groups is 1. The quantitative estimate of drug-likeness (QED) is 0.545. The monoisotopic (exact) mass is 267 g/mol. The molecule has 0 fully saturated rings. The number of anilines is 1. The summed E-state index contributed by atoms with van der Waals surface area (Å²) in [5.41, 5.74) is 5.66. The Bertz CT molecular complexity index is 458. The molecule has 7 nitrogen and oxygen atoms in total. The van der Waals surface area contributed by atoms with Crippen molar-refractivity contribution in [3.63, 3.8) is 0 Å². The Kier molecular flexibility index (Phi) is 6.59. The van der Waals surface area contributed by atoms with Crippen LogP contribution in [0.3, 0.4) is 0 Å². The molecule has 106 valence electrons. The van der Waals surface area contributed by atoms with Crippen LogP contribution in [0.2, 0.25) is 0 Å². The maximum Gasteiger partial charge on any atom is 0.321 e. The molecule has 0 atom stereocenters. The van der Waals surface area contributed by atoms with Gasteiger partial charge in [-0.2, -0.15) is 4.98 Å². The third kappa shape index (κ3) is 6.56. The van der Waals surface area contributed by atoms with Gasteiger partial charge < -0.3 is 16.0 Å². The standard InChI is InChI=1S/C12H21N5O2/c1-9-8-10(18)16-11(15-9)17-12(19)14-7-5-3-2-4-6-13/h8H,2-7,13H2,1H3,(H3,14,15,16,17,18,19). The van der Waals surface area contributed by atoms with Crippen molar-refractivity contribution in [2.24, 2.45) is 5.73 Å². The van der Waals surface area contributed by atoms with Crippen molar-refractivity contribution in [3.8, 4) is 0 Å². The van der Waals surface area contributed by atoms with Gasteiger partial charge in [0.1, 0.15) is 0 Å². The molecule has 7 heteroatoms. The average Bonchev–Trinajstić information content (AvgIpc) is 2.32. The van der Waals surface area contributed by atoms with E-state index in [0.717, 1.165) is 25.7 Å². The van der Waals surface area contributed by atoms with Crippen LogP contribution in [-0.4, -0.2) is 29.1 Å². The third-order valence-corrected chi connectivity index (χ3v) is 2.53.